The number of rotatable bonds is 7. The van der Waals surface area contributed by atoms with E-state index in [1.807, 2.05) is 6.92 Å². The van der Waals surface area contributed by atoms with Gasteiger partial charge in [0.1, 0.15) is 12.7 Å². The molecule has 1 rings (SSSR count). The number of carbonyl (C=O) groups is 1. The van der Waals surface area contributed by atoms with E-state index < -0.39 is 0 Å². The predicted molar refractivity (Wildman–Crippen MR) is 55.9 cm³/mol. The maximum atomic E-state index is 11.1. The van der Waals surface area contributed by atoms with Gasteiger partial charge in [-0.15, -0.1) is 0 Å². The second kappa shape index (κ2) is 6.13. The molecule has 0 spiro atoms. The number of aryl methyl sites for hydroxylation is 1. The van der Waals surface area contributed by atoms with Crippen LogP contribution in [0.2, 0.25) is 0 Å². The van der Waals surface area contributed by atoms with Gasteiger partial charge >= 0.3 is 0 Å². The minimum absolute atomic E-state index is 0.283. The number of nitrogens with zero attached hydrogens (tertiary/aromatic N) is 3. The normalized spacial score (nSPS) is 12.6. The monoisotopic (exact) mass is 211 g/mol. The van der Waals surface area contributed by atoms with Crippen LogP contribution in [0.4, 0.5) is 0 Å². The highest BCUT2D eigenvalue weighted by atomic mass is 16.1. The van der Waals surface area contributed by atoms with Crippen LogP contribution in [-0.2, 0) is 11.3 Å². The summed E-state index contributed by atoms with van der Waals surface area (Å²) in [5.74, 6) is -0.316. The predicted octanol–water partition coefficient (Wildman–Crippen LogP) is -0.478. The lowest BCUT2D eigenvalue weighted by Gasteiger charge is -2.14. The summed E-state index contributed by atoms with van der Waals surface area (Å²) in [6.07, 6.45) is 4.71. The van der Waals surface area contributed by atoms with Gasteiger partial charge in [-0.1, -0.05) is 6.92 Å². The van der Waals surface area contributed by atoms with Gasteiger partial charge in [-0.2, -0.15) is 5.10 Å². The lowest BCUT2D eigenvalue weighted by atomic mass is 10.2. The smallest absolute Gasteiger partial charge is 0.234 e. The zero-order valence-electron chi connectivity index (χ0n) is 8.89. The lowest BCUT2D eigenvalue weighted by molar-refractivity contribution is -0.120. The molecule has 0 fully saturated rings. The second-order valence-corrected chi connectivity index (χ2v) is 3.36. The van der Waals surface area contributed by atoms with E-state index in [2.05, 4.69) is 15.4 Å². The van der Waals surface area contributed by atoms with Crippen molar-refractivity contribution < 1.29 is 4.79 Å². The number of nitrogens with two attached hydrogens (primary N) is 1. The Bertz CT molecular complexity index is 285. The third-order valence-electron chi connectivity index (χ3n) is 2.10. The average molecular weight is 211 g/mol. The Labute approximate surface area is 88.9 Å². The number of nitrogens with one attached hydrogen (secondary N) is 1. The lowest BCUT2D eigenvalue weighted by Crippen LogP contribution is -2.42. The molecule has 0 aliphatic carbocycles. The van der Waals surface area contributed by atoms with Crippen LogP contribution in [0.1, 0.15) is 19.8 Å². The standard InChI is InChI=1S/C9H17N5O/c1-2-4-12-8(9(10)15)3-5-14-7-11-6-13-14/h6-8,12H,2-5H2,1H3,(H2,10,15). The molecule has 1 amide bonds. The van der Waals surface area contributed by atoms with Crippen LogP contribution in [-0.4, -0.2) is 33.3 Å². The first-order valence-corrected chi connectivity index (χ1v) is 5.09. The van der Waals surface area contributed by atoms with Crippen molar-refractivity contribution in [2.45, 2.75) is 32.4 Å². The Hall–Kier alpha value is -1.43. The van der Waals surface area contributed by atoms with Gasteiger partial charge in [0, 0.05) is 6.54 Å². The Balaban J connectivity index is 2.34. The van der Waals surface area contributed by atoms with E-state index in [-0.39, 0.29) is 11.9 Å². The van der Waals surface area contributed by atoms with Crippen molar-refractivity contribution in [1.29, 1.82) is 0 Å². The van der Waals surface area contributed by atoms with Crippen molar-refractivity contribution in [1.82, 2.24) is 20.1 Å². The molecule has 3 N–H and O–H groups in total. The summed E-state index contributed by atoms with van der Waals surface area (Å²) in [6.45, 7) is 3.48. The molecule has 84 valence electrons. The molecule has 6 heteroatoms. The number of aromatic nitrogens is 3. The van der Waals surface area contributed by atoms with Crippen molar-refractivity contribution in [2.75, 3.05) is 6.54 Å². The molecule has 0 bridgehead atoms. The van der Waals surface area contributed by atoms with Gasteiger partial charge in [0.15, 0.2) is 0 Å². The summed E-state index contributed by atoms with van der Waals surface area (Å²) in [7, 11) is 0. The van der Waals surface area contributed by atoms with Crippen molar-refractivity contribution in [3.8, 4) is 0 Å². The zero-order valence-corrected chi connectivity index (χ0v) is 8.89. The quantitative estimate of drug-likeness (QED) is 0.638. The summed E-state index contributed by atoms with van der Waals surface area (Å²) in [5.41, 5.74) is 5.27. The van der Waals surface area contributed by atoms with E-state index in [0.717, 1.165) is 13.0 Å². The molecule has 0 saturated carbocycles. The van der Waals surface area contributed by atoms with Gasteiger partial charge in [0.2, 0.25) is 5.91 Å². The Morgan fingerprint density at radius 1 is 1.67 bits per heavy atom. The zero-order chi connectivity index (χ0) is 11.1. The number of primary amides is 1. The Kier molecular flexibility index (Phi) is 4.76. The number of hydrogen-bond donors (Lipinski definition) is 2. The highest BCUT2D eigenvalue weighted by Crippen LogP contribution is 1.95. The highest BCUT2D eigenvalue weighted by molar-refractivity contribution is 5.79. The van der Waals surface area contributed by atoms with Crippen molar-refractivity contribution in [3.63, 3.8) is 0 Å². The first-order chi connectivity index (χ1) is 7.24. The molecule has 1 heterocycles. The molecule has 15 heavy (non-hydrogen) atoms. The van der Waals surface area contributed by atoms with E-state index in [0.29, 0.717) is 13.0 Å². The molecule has 1 unspecified atom stereocenters. The van der Waals surface area contributed by atoms with Gasteiger partial charge in [0.05, 0.1) is 6.04 Å². The highest BCUT2D eigenvalue weighted by Gasteiger charge is 2.13. The van der Waals surface area contributed by atoms with Crippen molar-refractivity contribution in [3.05, 3.63) is 12.7 Å². The number of hydrogen-bond acceptors (Lipinski definition) is 4. The average Bonchev–Trinajstić information content (AvgIpc) is 2.70. The number of carbonyl (C=O) groups excluding carboxylic acids is 1. The summed E-state index contributed by atoms with van der Waals surface area (Å²) in [6, 6.07) is -0.283. The SMILES string of the molecule is CCCNC(CCn1cncn1)C(N)=O. The molecule has 6 nitrogen and oxygen atoms in total. The fourth-order valence-corrected chi connectivity index (χ4v) is 1.27. The first kappa shape index (κ1) is 11.6. The summed E-state index contributed by atoms with van der Waals surface area (Å²) in [4.78, 5) is 14.9. The van der Waals surface area contributed by atoms with Crippen LogP contribution in [0, 0.1) is 0 Å². The largest absolute Gasteiger partial charge is 0.368 e. The topological polar surface area (TPSA) is 85.8 Å². The molecule has 1 aromatic rings. The molecular formula is C9H17N5O. The van der Waals surface area contributed by atoms with Crippen LogP contribution in [0.5, 0.6) is 0 Å². The van der Waals surface area contributed by atoms with Crippen LogP contribution < -0.4 is 11.1 Å². The van der Waals surface area contributed by atoms with Crippen LogP contribution in [0.3, 0.4) is 0 Å². The molecule has 0 saturated heterocycles. The minimum atomic E-state index is -0.316. The van der Waals surface area contributed by atoms with Crippen LogP contribution in [0.15, 0.2) is 12.7 Å². The molecular weight excluding hydrogens is 194 g/mol. The Morgan fingerprint density at radius 2 is 2.47 bits per heavy atom. The van der Waals surface area contributed by atoms with Crippen molar-refractivity contribution >= 4 is 5.91 Å². The summed E-state index contributed by atoms with van der Waals surface area (Å²) in [5, 5.41) is 7.05. The van der Waals surface area contributed by atoms with E-state index in [9.17, 15) is 4.79 Å². The van der Waals surface area contributed by atoms with Gasteiger partial charge in [-0.05, 0) is 19.4 Å². The molecule has 0 aliphatic heterocycles. The van der Waals surface area contributed by atoms with E-state index in [1.54, 1.807) is 11.0 Å². The molecule has 0 aromatic carbocycles. The molecule has 1 atom stereocenters. The maximum absolute atomic E-state index is 11.1. The van der Waals surface area contributed by atoms with Crippen LogP contribution >= 0.6 is 0 Å². The summed E-state index contributed by atoms with van der Waals surface area (Å²) < 4.78 is 1.68. The molecule has 1 aromatic heterocycles. The van der Waals surface area contributed by atoms with E-state index in [1.165, 1.54) is 6.33 Å². The van der Waals surface area contributed by atoms with Crippen molar-refractivity contribution in [2.24, 2.45) is 5.73 Å². The fraction of sp³-hybridized carbons (Fsp3) is 0.667. The third-order valence-corrected chi connectivity index (χ3v) is 2.10. The van der Waals surface area contributed by atoms with E-state index in [4.69, 9.17) is 5.73 Å². The minimum Gasteiger partial charge on any atom is -0.368 e. The number of amides is 1. The first-order valence-electron chi connectivity index (χ1n) is 5.09. The van der Waals surface area contributed by atoms with Gasteiger partial charge in [-0.3, -0.25) is 9.48 Å². The van der Waals surface area contributed by atoms with Gasteiger partial charge in [-0.25, -0.2) is 4.98 Å². The summed E-state index contributed by atoms with van der Waals surface area (Å²) >= 11 is 0. The van der Waals surface area contributed by atoms with E-state index >= 15 is 0 Å². The maximum Gasteiger partial charge on any atom is 0.234 e. The fourth-order valence-electron chi connectivity index (χ4n) is 1.27. The second-order valence-electron chi connectivity index (χ2n) is 3.36. The van der Waals surface area contributed by atoms with Gasteiger partial charge in [0.25, 0.3) is 0 Å². The van der Waals surface area contributed by atoms with Crippen LogP contribution in [0.25, 0.3) is 0 Å². The molecule has 0 aliphatic rings. The molecule has 0 radical (unpaired) electrons. The van der Waals surface area contributed by atoms with Gasteiger partial charge < -0.3 is 11.1 Å². The Morgan fingerprint density at radius 3 is 3.00 bits per heavy atom. The third kappa shape index (κ3) is 4.07.